The predicted molar refractivity (Wildman–Crippen MR) is 160 cm³/mol. The standard InChI is InChI=1S/C31H29N3O4S2/c1-3-4-10-28-32-27-16-11-21(2)19-26(27)30(36)33(28)20-22-12-14-23(15-13-22)25-17-18-39-31(25)34(40(37)38)29(35)24-8-6-5-7-9-24/h5-9,11-19H,3-4,10,20H2,1-2H3,(H,37,38)/p-1. The normalized spacial score (nSPS) is 12.0. The number of carbonyl (C=O) groups is 1. The van der Waals surface area contributed by atoms with Crippen molar-refractivity contribution in [3.63, 3.8) is 0 Å². The number of thiophene rings is 1. The molecule has 0 fully saturated rings. The molecule has 0 saturated carbocycles. The van der Waals surface area contributed by atoms with Gasteiger partial charge >= 0.3 is 0 Å². The maximum absolute atomic E-state index is 13.5. The number of nitrogens with zero attached hydrogens (tertiary/aromatic N) is 3. The second-order valence-electron chi connectivity index (χ2n) is 9.56. The summed E-state index contributed by atoms with van der Waals surface area (Å²) in [7, 11) is 0. The lowest BCUT2D eigenvalue weighted by Crippen LogP contribution is -2.32. The van der Waals surface area contributed by atoms with E-state index in [2.05, 4.69) is 6.92 Å². The van der Waals surface area contributed by atoms with Crippen molar-refractivity contribution in [1.82, 2.24) is 9.55 Å². The maximum atomic E-state index is 13.5. The van der Waals surface area contributed by atoms with Crippen molar-refractivity contribution in [2.24, 2.45) is 0 Å². The fraction of sp³-hybridized carbons (Fsp3) is 0.194. The first-order valence-corrected chi connectivity index (χ1v) is 14.9. The minimum absolute atomic E-state index is 0.0583. The van der Waals surface area contributed by atoms with E-state index >= 15 is 0 Å². The van der Waals surface area contributed by atoms with Crippen molar-refractivity contribution < 1.29 is 13.6 Å². The van der Waals surface area contributed by atoms with E-state index in [1.54, 1.807) is 46.3 Å². The molecular weight excluding hydrogens is 542 g/mol. The number of aromatic nitrogens is 2. The predicted octanol–water partition coefficient (Wildman–Crippen LogP) is 6.27. The number of carbonyl (C=O) groups excluding carboxylic acids is 1. The summed E-state index contributed by atoms with van der Waals surface area (Å²) in [5.74, 6) is 0.146. The average Bonchev–Trinajstić information content (AvgIpc) is 3.44. The van der Waals surface area contributed by atoms with E-state index in [0.717, 1.165) is 39.7 Å². The third kappa shape index (κ3) is 5.67. The number of fused-ring (bicyclic) bond motifs is 1. The van der Waals surface area contributed by atoms with Gasteiger partial charge in [0.15, 0.2) is 0 Å². The topological polar surface area (TPSA) is 95.3 Å². The van der Waals surface area contributed by atoms with Gasteiger partial charge in [-0.25, -0.2) is 9.29 Å². The molecule has 0 spiro atoms. The molecule has 2 heterocycles. The number of amides is 1. The molecule has 3 aromatic carbocycles. The second kappa shape index (κ2) is 12.1. The first-order chi connectivity index (χ1) is 19.4. The summed E-state index contributed by atoms with van der Waals surface area (Å²) >= 11 is -1.62. The summed E-state index contributed by atoms with van der Waals surface area (Å²) in [5, 5.41) is 2.69. The summed E-state index contributed by atoms with van der Waals surface area (Å²) in [6.07, 6.45) is 2.64. The number of hydrogen-bond donors (Lipinski definition) is 0. The van der Waals surface area contributed by atoms with Gasteiger partial charge in [0, 0.05) is 17.5 Å². The first-order valence-electron chi connectivity index (χ1n) is 13.0. The highest BCUT2D eigenvalue weighted by molar-refractivity contribution is 7.81. The van der Waals surface area contributed by atoms with Crippen LogP contribution < -0.4 is 9.86 Å². The van der Waals surface area contributed by atoms with Crippen LogP contribution in [0.3, 0.4) is 0 Å². The van der Waals surface area contributed by atoms with E-state index in [1.165, 1.54) is 11.3 Å². The smallest absolute Gasteiger partial charge is 0.270 e. The van der Waals surface area contributed by atoms with Crippen LogP contribution in [0, 0.1) is 6.92 Å². The molecule has 204 valence electrons. The quantitative estimate of drug-likeness (QED) is 0.195. The van der Waals surface area contributed by atoms with E-state index in [0.29, 0.717) is 34.4 Å². The zero-order chi connectivity index (χ0) is 28.2. The Labute approximate surface area is 239 Å². The SMILES string of the molecule is CCCCc1nc2ccc(C)cc2c(=O)n1Cc1ccc(-c2ccsc2N(C(=O)c2ccccc2)S(=O)[O-])cc1. The van der Waals surface area contributed by atoms with E-state index < -0.39 is 17.2 Å². The van der Waals surface area contributed by atoms with Crippen molar-refractivity contribution in [1.29, 1.82) is 0 Å². The Bertz CT molecular complexity index is 1740. The second-order valence-corrected chi connectivity index (χ2v) is 11.3. The lowest BCUT2D eigenvalue weighted by molar-refractivity contribution is 0.101. The number of hydrogen-bond acceptors (Lipinski definition) is 6. The van der Waals surface area contributed by atoms with Crippen molar-refractivity contribution in [3.8, 4) is 11.1 Å². The lowest BCUT2D eigenvalue weighted by Gasteiger charge is -2.24. The molecule has 5 aromatic rings. The highest BCUT2D eigenvalue weighted by Gasteiger charge is 2.23. The van der Waals surface area contributed by atoms with E-state index in [4.69, 9.17) is 4.98 Å². The van der Waals surface area contributed by atoms with Gasteiger partial charge < -0.3 is 4.55 Å². The summed E-state index contributed by atoms with van der Waals surface area (Å²) in [6, 6.07) is 23.5. The van der Waals surface area contributed by atoms with E-state index in [1.807, 2.05) is 49.4 Å². The Morgan fingerprint density at radius 3 is 2.50 bits per heavy atom. The highest BCUT2D eigenvalue weighted by Crippen LogP contribution is 2.37. The maximum Gasteiger partial charge on any atom is 0.270 e. The van der Waals surface area contributed by atoms with Crippen molar-refractivity contribution in [2.45, 2.75) is 39.7 Å². The number of rotatable bonds is 9. The fourth-order valence-electron chi connectivity index (χ4n) is 4.65. The molecule has 1 atom stereocenters. The largest absolute Gasteiger partial charge is 0.755 e. The summed E-state index contributed by atoms with van der Waals surface area (Å²) in [5.41, 5.74) is 4.26. The van der Waals surface area contributed by atoms with E-state index in [-0.39, 0.29) is 11.1 Å². The Balaban J connectivity index is 1.47. The molecule has 0 radical (unpaired) electrons. The Hall–Kier alpha value is -3.92. The van der Waals surface area contributed by atoms with Crippen LogP contribution in [0.2, 0.25) is 0 Å². The molecule has 0 aliphatic carbocycles. The fourth-order valence-corrected chi connectivity index (χ4v) is 6.26. The highest BCUT2D eigenvalue weighted by atomic mass is 32.2. The molecule has 0 N–H and O–H groups in total. The molecule has 1 unspecified atom stereocenters. The molecule has 7 nitrogen and oxygen atoms in total. The molecule has 5 rings (SSSR count). The van der Waals surface area contributed by atoms with Gasteiger partial charge in [0.2, 0.25) is 0 Å². The first kappa shape index (κ1) is 27.6. The third-order valence-electron chi connectivity index (χ3n) is 6.73. The van der Waals surface area contributed by atoms with Crippen molar-refractivity contribution >= 4 is 44.4 Å². The molecule has 1 amide bonds. The van der Waals surface area contributed by atoms with Gasteiger partial charge in [0.25, 0.3) is 11.5 Å². The van der Waals surface area contributed by atoms with Crippen molar-refractivity contribution in [3.05, 3.63) is 117 Å². The Morgan fingerprint density at radius 2 is 1.80 bits per heavy atom. The summed E-state index contributed by atoms with van der Waals surface area (Å²) < 4.78 is 26.9. The van der Waals surface area contributed by atoms with Crippen LogP contribution in [0.15, 0.2) is 89.0 Å². The zero-order valence-electron chi connectivity index (χ0n) is 22.2. The molecule has 40 heavy (non-hydrogen) atoms. The van der Waals surface area contributed by atoms with Gasteiger partial charge in [0.1, 0.15) is 10.8 Å². The molecule has 2 aromatic heterocycles. The van der Waals surface area contributed by atoms with Crippen LogP contribution in [-0.4, -0.2) is 24.2 Å². The third-order valence-corrected chi connectivity index (χ3v) is 8.39. The van der Waals surface area contributed by atoms with Crippen molar-refractivity contribution in [2.75, 3.05) is 4.31 Å². The monoisotopic (exact) mass is 570 g/mol. The van der Waals surface area contributed by atoms with Crippen LogP contribution in [0.1, 0.15) is 47.1 Å². The number of benzene rings is 3. The molecule has 9 heteroatoms. The minimum Gasteiger partial charge on any atom is -0.755 e. The molecule has 0 bridgehead atoms. The minimum atomic E-state index is -2.80. The zero-order valence-corrected chi connectivity index (χ0v) is 23.8. The number of aryl methyl sites for hydroxylation is 2. The van der Waals surface area contributed by atoms with E-state index in [9.17, 15) is 18.4 Å². The van der Waals surface area contributed by atoms with Gasteiger partial charge in [0.05, 0.1) is 28.7 Å². The Morgan fingerprint density at radius 1 is 1.05 bits per heavy atom. The van der Waals surface area contributed by atoms with Crippen LogP contribution in [0.5, 0.6) is 0 Å². The van der Waals surface area contributed by atoms with Gasteiger partial charge in [-0.05, 0) is 60.2 Å². The Kier molecular flexibility index (Phi) is 8.35. The lowest BCUT2D eigenvalue weighted by atomic mass is 10.1. The molecule has 0 aliphatic rings. The van der Waals surface area contributed by atoms with Crippen LogP contribution in [0.25, 0.3) is 22.0 Å². The van der Waals surface area contributed by atoms with Gasteiger partial charge in [-0.3, -0.25) is 18.4 Å². The summed E-state index contributed by atoms with van der Waals surface area (Å²) in [6.45, 7) is 4.44. The number of unbranched alkanes of at least 4 members (excludes halogenated alkanes) is 1. The van der Waals surface area contributed by atoms with Crippen LogP contribution >= 0.6 is 11.3 Å². The molecular formula is C31H28N3O4S2-. The van der Waals surface area contributed by atoms with Crippen LogP contribution in [-0.2, 0) is 24.2 Å². The summed E-state index contributed by atoms with van der Waals surface area (Å²) in [4.78, 5) is 31.4. The molecule has 0 aliphatic heterocycles. The van der Waals surface area contributed by atoms with Gasteiger partial charge in [-0.15, -0.1) is 11.3 Å². The average molecular weight is 571 g/mol. The van der Waals surface area contributed by atoms with Gasteiger partial charge in [-0.1, -0.05) is 67.4 Å². The molecule has 0 saturated heterocycles. The van der Waals surface area contributed by atoms with Crippen LogP contribution in [0.4, 0.5) is 5.00 Å². The number of anilines is 1. The van der Waals surface area contributed by atoms with Gasteiger partial charge in [-0.2, -0.15) is 0 Å².